The van der Waals surface area contributed by atoms with Crippen molar-refractivity contribution in [3.63, 3.8) is 0 Å². The van der Waals surface area contributed by atoms with Gasteiger partial charge in [-0.3, -0.25) is 14.5 Å². The molecule has 1 aliphatic heterocycles. The molecule has 2 heterocycles. The SMILES string of the molecule is CCOC(=O)c1ccc(N2C(=O)c3oc4ccc(Cl)cc4c(=O)c3C2c2ccc(OCCC(C)C)c(OC)c2)cc1. The van der Waals surface area contributed by atoms with E-state index in [0.717, 1.165) is 6.42 Å². The maximum Gasteiger partial charge on any atom is 0.338 e. The Bertz CT molecular complexity index is 1680. The minimum absolute atomic E-state index is 0.0551. The van der Waals surface area contributed by atoms with Crippen LogP contribution in [0.5, 0.6) is 11.5 Å². The van der Waals surface area contributed by atoms with Gasteiger partial charge in [0.1, 0.15) is 5.58 Å². The predicted molar refractivity (Wildman–Crippen MR) is 156 cm³/mol. The van der Waals surface area contributed by atoms with Crippen molar-refractivity contribution >= 4 is 40.1 Å². The zero-order valence-corrected chi connectivity index (χ0v) is 24.0. The molecule has 0 saturated heterocycles. The predicted octanol–water partition coefficient (Wildman–Crippen LogP) is 6.81. The molecule has 4 aromatic rings. The van der Waals surface area contributed by atoms with Gasteiger partial charge in [0, 0.05) is 10.7 Å². The first-order chi connectivity index (χ1) is 19.7. The van der Waals surface area contributed by atoms with Crippen molar-refractivity contribution in [2.45, 2.75) is 33.2 Å². The van der Waals surface area contributed by atoms with Gasteiger partial charge in [-0.25, -0.2) is 4.79 Å². The fraction of sp³-hybridized carbons (Fsp3) is 0.281. The Morgan fingerprint density at radius 3 is 2.46 bits per heavy atom. The Morgan fingerprint density at radius 2 is 1.78 bits per heavy atom. The molecule has 9 heteroatoms. The number of fused-ring (bicyclic) bond motifs is 2. The third kappa shape index (κ3) is 5.39. The fourth-order valence-corrected chi connectivity index (χ4v) is 5.05. The van der Waals surface area contributed by atoms with Crippen LogP contribution < -0.4 is 19.8 Å². The van der Waals surface area contributed by atoms with Crippen LogP contribution in [0, 0.1) is 5.92 Å². The summed E-state index contributed by atoms with van der Waals surface area (Å²) in [4.78, 5) is 41.5. The van der Waals surface area contributed by atoms with Crippen LogP contribution in [0.1, 0.15) is 65.3 Å². The number of halogens is 1. The number of amides is 1. The average molecular weight is 576 g/mol. The van der Waals surface area contributed by atoms with E-state index in [-0.39, 0.29) is 34.3 Å². The van der Waals surface area contributed by atoms with Crippen LogP contribution in [0.25, 0.3) is 11.0 Å². The topological polar surface area (TPSA) is 95.3 Å². The number of anilines is 1. The number of carbonyl (C=O) groups excluding carboxylic acids is 2. The Balaban J connectivity index is 1.65. The molecule has 0 spiro atoms. The Labute approximate surface area is 242 Å². The number of carbonyl (C=O) groups is 2. The van der Waals surface area contributed by atoms with Gasteiger partial charge < -0.3 is 18.6 Å². The second kappa shape index (κ2) is 11.7. The van der Waals surface area contributed by atoms with E-state index in [1.807, 2.05) is 6.07 Å². The molecule has 8 nitrogen and oxygen atoms in total. The highest BCUT2D eigenvalue weighted by Crippen LogP contribution is 2.43. The van der Waals surface area contributed by atoms with Crippen LogP contribution in [0.15, 0.2) is 69.9 Å². The number of methoxy groups -OCH3 is 1. The van der Waals surface area contributed by atoms with E-state index in [4.69, 9.17) is 30.2 Å². The summed E-state index contributed by atoms with van der Waals surface area (Å²) in [7, 11) is 1.54. The summed E-state index contributed by atoms with van der Waals surface area (Å²) in [6, 6.07) is 15.7. The van der Waals surface area contributed by atoms with E-state index in [2.05, 4.69) is 13.8 Å². The number of hydrogen-bond acceptors (Lipinski definition) is 7. The largest absolute Gasteiger partial charge is 0.493 e. The van der Waals surface area contributed by atoms with E-state index in [1.165, 1.54) is 18.1 Å². The van der Waals surface area contributed by atoms with Gasteiger partial charge in [0.05, 0.1) is 42.9 Å². The summed E-state index contributed by atoms with van der Waals surface area (Å²) in [5.74, 6) is 0.499. The van der Waals surface area contributed by atoms with Gasteiger partial charge in [-0.1, -0.05) is 31.5 Å². The van der Waals surface area contributed by atoms with Crippen LogP contribution >= 0.6 is 11.6 Å². The summed E-state index contributed by atoms with van der Waals surface area (Å²) in [5.41, 5.74) is 1.52. The molecule has 1 amide bonds. The van der Waals surface area contributed by atoms with Crippen LogP contribution in [-0.4, -0.2) is 32.2 Å². The van der Waals surface area contributed by atoms with Crippen molar-refractivity contribution in [3.8, 4) is 11.5 Å². The number of rotatable bonds is 9. The minimum atomic E-state index is -0.843. The van der Waals surface area contributed by atoms with Crippen molar-refractivity contribution in [3.05, 3.63) is 98.4 Å². The summed E-state index contributed by atoms with van der Waals surface area (Å²) >= 11 is 6.20. The van der Waals surface area contributed by atoms with Gasteiger partial charge in [-0.2, -0.15) is 0 Å². The fourth-order valence-electron chi connectivity index (χ4n) is 4.88. The normalized spacial score (nSPS) is 14.4. The molecule has 1 aromatic heterocycles. The van der Waals surface area contributed by atoms with Crippen LogP contribution in [-0.2, 0) is 4.74 Å². The maximum absolute atomic E-state index is 13.9. The van der Waals surface area contributed by atoms with Crippen LogP contribution in [0.3, 0.4) is 0 Å². The third-order valence-corrected chi connectivity index (χ3v) is 7.18. The lowest BCUT2D eigenvalue weighted by Crippen LogP contribution is -2.29. The number of ether oxygens (including phenoxy) is 3. The lowest BCUT2D eigenvalue weighted by Gasteiger charge is -2.26. The lowest BCUT2D eigenvalue weighted by molar-refractivity contribution is 0.0526. The van der Waals surface area contributed by atoms with Crippen molar-refractivity contribution in [1.82, 2.24) is 0 Å². The Hall–Kier alpha value is -4.30. The van der Waals surface area contributed by atoms with Crippen molar-refractivity contribution in [2.75, 3.05) is 25.2 Å². The number of hydrogen-bond donors (Lipinski definition) is 0. The number of esters is 1. The average Bonchev–Trinajstić information content (AvgIpc) is 3.25. The zero-order chi connectivity index (χ0) is 29.3. The molecule has 0 saturated carbocycles. The van der Waals surface area contributed by atoms with Crippen molar-refractivity contribution < 1.29 is 28.2 Å². The molecular weight excluding hydrogens is 546 g/mol. The quantitative estimate of drug-likeness (QED) is 0.202. The highest BCUT2D eigenvalue weighted by Gasteiger charge is 2.44. The first kappa shape index (κ1) is 28.2. The van der Waals surface area contributed by atoms with Gasteiger partial charge in [-0.15, -0.1) is 0 Å². The molecule has 1 unspecified atom stereocenters. The molecule has 1 aliphatic rings. The van der Waals surface area contributed by atoms with E-state index >= 15 is 0 Å². The molecule has 41 heavy (non-hydrogen) atoms. The van der Waals surface area contributed by atoms with Crippen LogP contribution in [0.4, 0.5) is 5.69 Å². The third-order valence-electron chi connectivity index (χ3n) is 6.94. The summed E-state index contributed by atoms with van der Waals surface area (Å²) < 4.78 is 22.7. The standard InChI is InChI=1S/C32H30ClNO7/c1-5-39-32(37)19-6-10-22(11-7-19)34-28(20-8-12-25(26(16-20)38-4)40-15-14-18(2)3)27-29(35)23-17-21(33)9-13-24(23)41-30(27)31(34)36/h6-13,16-18,28H,5,14-15H2,1-4H3. The second-order valence-corrected chi connectivity index (χ2v) is 10.5. The first-order valence-corrected chi connectivity index (χ1v) is 13.8. The smallest absolute Gasteiger partial charge is 0.338 e. The minimum Gasteiger partial charge on any atom is -0.493 e. The highest BCUT2D eigenvalue weighted by atomic mass is 35.5. The molecule has 1 atom stereocenters. The maximum atomic E-state index is 13.9. The summed E-state index contributed by atoms with van der Waals surface area (Å²) in [6.45, 7) is 6.73. The van der Waals surface area contributed by atoms with E-state index in [9.17, 15) is 14.4 Å². The molecule has 212 valence electrons. The van der Waals surface area contributed by atoms with Gasteiger partial charge in [0.2, 0.25) is 5.76 Å². The molecule has 3 aromatic carbocycles. The molecule has 0 fully saturated rings. The first-order valence-electron chi connectivity index (χ1n) is 13.4. The van der Waals surface area contributed by atoms with E-state index in [0.29, 0.717) is 45.9 Å². The summed E-state index contributed by atoms with van der Waals surface area (Å²) in [6.07, 6.45) is 0.877. The molecule has 0 N–H and O–H groups in total. The Morgan fingerprint density at radius 1 is 1.02 bits per heavy atom. The van der Waals surface area contributed by atoms with Gasteiger partial charge >= 0.3 is 5.97 Å². The monoisotopic (exact) mass is 575 g/mol. The van der Waals surface area contributed by atoms with Crippen molar-refractivity contribution in [2.24, 2.45) is 5.92 Å². The van der Waals surface area contributed by atoms with E-state index < -0.39 is 17.9 Å². The Kier molecular flexibility index (Phi) is 8.03. The van der Waals surface area contributed by atoms with Gasteiger partial charge in [-0.05, 0) is 79.4 Å². The second-order valence-electron chi connectivity index (χ2n) is 10.1. The van der Waals surface area contributed by atoms with Crippen LogP contribution in [0.2, 0.25) is 5.02 Å². The van der Waals surface area contributed by atoms with Gasteiger partial charge in [0.15, 0.2) is 16.9 Å². The van der Waals surface area contributed by atoms with E-state index in [1.54, 1.807) is 55.5 Å². The molecular formula is C32H30ClNO7. The van der Waals surface area contributed by atoms with Crippen molar-refractivity contribution in [1.29, 1.82) is 0 Å². The molecule has 0 bridgehead atoms. The lowest BCUT2D eigenvalue weighted by atomic mass is 9.97. The number of nitrogens with zero attached hydrogens (tertiary/aromatic N) is 1. The number of benzene rings is 3. The van der Waals surface area contributed by atoms with Gasteiger partial charge in [0.25, 0.3) is 5.91 Å². The molecule has 5 rings (SSSR count). The zero-order valence-electron chi connectivity index (χ0n) is 23.2. The highest BCUT2D eigenvalue weighted by molar-refractivity contribution is 6.31. The summed E-state index contributed by atoms with van der Waals surface area (Å²) in [5, 5.41) is 0.649. The molecule has 0 radical (unpaired) electrons. The molecule has 0 aliphatic carbocycles.